The molecule has 0 bridgehead atoms. The fourth-order valence-corrected chi connectivity index (χ4v) is 7.54. The molecule has 2 aromatic carbocycles. The molecule has 0 N–H and O–H groups in total. The van der Waals surface area contributed by atoms with E-state index in [-0.39, 0.29) is 27.4 Å². The smallest absolute Gasteiger partial charge is 0.0312 e. The maximum atomic E-state index is 7.58. The van der Waals surface area contributed by atoms with E-state index in [2.05, 4.69) is 54.1 Å². The van der Waals surface area contributed by atoms with Gasteiger partial charge in [-0.05, 0) is 67.1 Å². The van der Waals surface area contributed by atoms with Crippen molar-refractivity contribution in [2.75, 3.05) is 0 Å². The minimum absolute atomic E-state index is 0. The summed E-state index contributed by atoms with van der Waals surface area (Å²) in [6.45, 7) is 20.6. The molecule has 0 unspecified atom stereocenters. The monoisotopic (exact) mass is 560 g/mol. The Labute approximate surface area is 225 Å². The molecule has 1 aliphatic rings. The molecule has 3 heteroatoms. The van der Waals surface area contributed by atoms with Crippen LogP contribution in [-0.2, 0) is 29.5 Å². The van der Waals surface area contributed by atoms with Crippen molar-refractivity contribution in [3.8, 4) is 5.92 Å². The number of hydrogen-bond acceptors (Lipinski definition) is 0. The Morgan fingerprint density at radius 1 is 0.647 bits per heavy atom. The van der Waals surface area contributed by atoms with Crippen molar-refractivity contribution in [2.24, 2.45) is 0 Å². The van der Waals surface area contributed by atoms with Gasteiger partial charge >= 0.3 is 30.8 Å². The van der Waals surface area contributed by atoms with Crippen LogP contribution >= 0.6 is 7.92 Å². The van der Waals surface area contributed by atoms with Crippen molar-refractivity contribution < 1.29 is 24.1 Å². The third kappa shape index (κ3) is 12.5. The zero-order valence-electron chi connectivity index (χ0n) is 21.6. The third-order valence-corrected chi connectivity index (χ3v) is 8.87. The topological polar surface area (TPSA) is 19.9 Å². The summed E-state index contributed by atoms with van der Waals surface area (Å²) >= 11 is 0. The molecule has 1 saturated carbocycles. The zero-order chi connectivity index (χ0) is 25.3. The molecule has 1 nitrogen and oxygen atoms in total. The van der Waals surface area contributed by atoms with Gasteiger partial charge in [-0.15, -0.1) is 0 Å². The van der Waals surface area contributed by atoms with Crippen LogP contribution in [0.25, 0.3) is 0 Å². The van der Waals surface area contributed by atoms with E-state index < -0.39 is 5.41 Å². The van der Waals surface area contributed by atoms with Crippen molar-refractivity contribution in [1.82, 2.24) is 0 Å². The largest absolute Gasteiger partial charge is 2.00 e. The first-order valence-electron chi connectivity index (χ1n) is 11.4. The second-order valence-electron chi connectivity index (χ2n) is 8.67. The first-order valence-corrected chi connectivity index (χ1v) is 13.0. The van der Waals surface area contributed by atoms with Crippen LogP contribution in [0.1, 0.15) is 59.6 Å². The summed E-state index contributed by atoms with van der Waals surface area (Å²) in [5.41, 5.74) is 4.43. The minimum atomic E-state index is -0.456. The van der Waals surface area contributed by atoms with Gasteiger partial charge < -0.3 is 12.3 Å². The van der Waals surface area contributed by atoms with Crippen molar-refractivity contribution in [3.05, 3.63) is 117 Å². The zero-order valence-corrected chi connectivity index (χ0v) is 24.2. The molecule has 0 heterocycles. The summed E-state index contributed by atoms with van der Waals surface area (Å²) in [5, 5.41) is 0. The molecule has 2 aromatic rings. The van der Waals surface area contributed by atoms with Gasteiger partial charge in [-0.2, -0.15) is 0 Å². The van der Waals surface area contributed by atoms with Gasteiger partial charge in [-0.25, -0.2) is 0 Å². The molecule has 1 fully saturated rings. The second-order valence-corrected chi connectivity index (χ2v) is 12.7. The quantitative estimate of drug-likeness (QED) is 0.116. The van der Waals surface area contributed by atoms with Crippen LogP contribution in [0.15, 0.2) is 60.7 Å². The van der Waals surface area contributed by atoms with Gasteiger partial charge in [0.1, 0.15) is 0 Å². The summed E-state index contributed by atoms with van der Waals surface area (Å²) in [7, 11) is 0.262. The van der Waals surface area contributed by atoms with Crippen LogP contribution in [0.5, 0.6) is 0 Å². The van der Waals surface area contributed by atoms with E-state index in [0.717, 1.165) is 28.1 Å². The van der Waals surface area contributed by atoms with Gasteiger partial charge in [0.15, 0.2) is 0 Å². The predicted octanol–water partition coefficient (Wildman–Crippen LogP) is 8.26. The summed E-state index contributed by atoms with van der Waals surface area (Å²) in [6.07, 6.45) is 17.6. The van der Waals surface area contributed by atoms with E-state index in [1.807, 2.05) is 99.7 Å². The average molecular weight is 560 g/mol. The third-order valence-electron chi connectivity index (χ3n) is 5.30. The molecule has 181 valence electrons. The Kier molecular flexibility index (Phi) is 20.6. The number of rotatable bonds is 5. The molecular weight excluding hydrogens is 520 g/mol. The Morgan fingerprint density at radius 3 is 1.09 bits per heavy atom. The van der Waals surface area contributed by atoms with Crippen molar-refractivity contribution in [3.63, 3.8) is 0 Å². The molecule has 3 rings (SSSR count). The van der Waals surface area contributed by atoms with Gasteiger partial charge in [0.05, 0.1) is 0 Å². The molecular formula is C31H39OPRu+. The molecule has 34 heavy (non-hydrogen) atoms. The molecule has 1 aliphatic carbocycles. The predicted molar refractivity (Wildman–Crippen MR) is 144 cm³/mol. The SMILES string of the molecule is CC(C)P(C(C)C)C(C)C.[C-]#CC(C)(c1ccccc1)c1ccccc1.[C-]#[O+].[CH]1[CH][CH][CH][CH]1.[Ru+2]. The fourth-order valence-electron chi connectivity index (χ4n) is 3.96. The Hall–Kier alpha value is -1.21. The fraction of sp³-hybridized carbons (Fsp3) is 0.355. The number of benzene rings is 2. The van der Waals surface area contributed by atoms with Crippen LogP contribution in [0.2, 0.25) is 0 Å². The van der Waals surface area contributed by atoms with E-state index in [0.29, 0.717) is 0 Å². The van der Waals surface area contributed by atoms with Gasteiger partial charge in [0.25, 0.3) is 0 Å². The van der Waals surface area contributed by atoms with E-state index >= 15 is 0 Å². The van der Waals surface area contributed by atoms with Crippen molar-refractivity contribution >= 4 is 7.92 Å². The molecule has 0 amide bonds. The van der Waals surface area contributed by atoms with Gasteiger partial charge in [-0.1, -0.05) is 110 Å². The molecule has 0 saturated heterocycles. The summed E-state index contributed by atoms with van der Waals surface area (Å²) in [5.74, 6) is 2.66. The number of hydrogen-bond donors (Lipinski definition) is 0. The first kappa shape index (κ1) is 35.0. The van der Waals surface area contributed by atoms with Crippen LogP contribution in [-0.4, -0.2) is 17.0 Å². The summed E-state index contributed by atoms with van der Waals surface area (Å²) < 4.78 is 7.50. The van der Waals surface area contributed by atoms with Gasteiger partial charge in [-0.3, -0.25) is 0 Å². The van der Waals surface area contributed by atoms with E-state index in [4.69, 9.17) is 11.1 Å². The van der Waals surface area contributed by atoms with E-state index in [1.54, 1.807) is 0 Å². The molecule has 0 aliphatic heterocycles. The molecule has 0 atom stereocenters. The van der Waals surface area contributed by atoms with Gasteiger partial charge in [0, 0.05) is 5.41 Å². The Morgan fingerprint density at radius 2 is 0.912 bits per heavy atom. The summed E-state index contributed by atoms with van der Waals surface area (Å²) in [4.78, 5) is 0. The normalized spacial score (nSPS) is 12.4. The first-order chi connectivity index (χ1) is 15.7. The maximum Gasteiger partial charge on any atom is 2.00 e. The van der Waals surface area contributed by atoms with Crippen molar-refractivity contribution in [2.45, 2.75) is 70.9 Å². The summed E-state index contributed by atoms with van der Waals surface area (Å²) in [6, 6.07) is 20.1. The maximum absolute atomic E-state index is 7.58. The standard InChI is InChI=1S/C16H13.C9H21P.C5H5.CO.Ru/c1-3-16(2,14-10-6-4-7-11-14)15-12-8-5-9-13-15;1-7(2)10(8(3)4)9(5)6;1-2-4-5-3-1;1-2;/h4-13H,2H3;7-9H,1-6H3;1-5H;;/q-1;;;;+2. The van der Waals surface area contributed by atoms with Gasteiger partial charge in [0.2, 0.25) is 0 Å². The van der Waals surface area contributed by atoms with Crippen LogP contribution in [0.3, 0.4) is 0 Å². The van der Waals surface area contributed by atoms with Crippen LogP contribution < -0.4 is 0 Å². The molecule has 0 aromatic heterocycles. The second kappa shape index (κ2) is 20.0. The molecule has 5 radical (unpaired) electrons. The Balaban J connectivity index is 0. The van der Waals surface area contributed by atoms with E-state index in [9.17, 15) is 0 Å². The van der Waals surface area contributed by atoms with Crippen LogP contribution in [0, 0.1) is 51.1 Å². The minimum Gasteiger partial charge on any atom is -0.0312 e. The average Bonchev–Trinajstić information content (AvgIpc) is 3.41. The van der Waals surface area contributed by atoms with Crippen molar-refractivity contribution in [1.29, 1.82) is 0 Å². The van der Waals surface area contributed by atoms with Crippen LogP contribution in [0.4, 0.5) is 0 Å². The van der Waals surface area contributed by atoms with E-state index in [1.165, 1.54) is 0 Å². The molecule has 0 spiro atoms. The Bertz CT molecular complexity index is 720.